The van der Waals surface area contributed by atoms with Gasteiger partial charge in [0, 0.05) is 35.0 Å². The van der Waals surface area contributed by atoms with E-state index in [0.29, 0.717) is 23.0 Å². The van der Waals surface area contributed by atoms with Crippen LogP contribution in [0.2, 0.25) is 0 Å². The molecule has 0 saturated carbocycles. The average Bonchev–Trinajstić information content (AvgIpc) is 2.84. The molecule has 104 valence electrons. The van der Waals surface area contributed by atoms with Crippen molar-refractivity contribution in [1.29, 1.82) is 0 Å². The number of thiazole rings is 1. The molecule has 0 atom stereocenters. The van der Waals surface area contributed by atoms with E-state index in [1.807, 2.05) is 5.38 Å². The number of rotatable bonds is 4. The van der Waals surface area contributed by atoms with E-state index in [2.05, 4.69) is 30.9 Å². The fourth-order valence-electron chi connectivity index (χ4n) is 1.48. The number of hydrogen-bond acceptors (Lipinski definition) is 6. The Balaban J connectivity index is 2.43. The lowest BCUT2D eigenvalue weighted by Crippen LogP contribution is -2.02. The molecule has 2 aromatic heterocycles. The molecule has 0 aliphatic rings. The van der Waals surface area contributed by atoms with Crippen LogP contribution in [0.5, 0.6) is 0 Å². The Bertz CT molecular complexity index is 637. The van der Waals surface area contributed by atoms with E-state index in [9.17, 15) is 4.79 Å². The fraction of sp³-hybridized carbons (Fsp3) is 0.231. The number of hydrogen-bond donors (Lipinski definition) is 0. The maximum atomic E-state index is 11.7. The van der Waals surface area contributed by atoms with Gasteiger partial charge in [0.05, 0.1) is 6.61 Å². The van der Waals surface area contributed by atoms with Crippen molar-refractivity contribution in [2.75, 3.05) is 6.61 Å². The standard InChI is InChI=1S/C13H12BrN3O2S/c1-3-19-12(18)4-10(13-17-11(14)7-20-13)9-5-15-8(2)16-6-9/h4-7H,3H2,1-2H3/b10-4+. The summed E-state index contributed by atoms with van der Waals surface area (Å²) in [6, 6.07) is 0. The molecule has 0 saturated heterocycles. The lowest BCUT2D eigenvalue weighted by Gasteiger charge is -2.04. The second-order valence-electron chi connectivity index (χ2n) is 3.80. The molecule has 20 heavy (non-hydrogen) atoms. The highest BCUT2D eigenvalue weighted by Crippen LogP contribution is 2.27. The molecule has 2 rings (SSSR count). The number of aromatic nitrogens is 3. The van der Waals surface area contributed by atoms with E-state index < -0.39 is 5.97 Å². The summed E-state index contributed by atoms with van der Waals surface area (Å²) >= 11 is 4.73. The van der Waals surface area contributed by atoms with Gasteiger partial charge in [-0.25, -0.2) is 19.7 Å². The van der Waals surface area contributed by atoms with E-state index in [-0.39, 0.29) is 0 Å². The summed E-state index contributed by atoms with van der Waals surface area (Å²) < 4.78 is 5.68. The first kappa shape index (κ1) is 14.8. The number of nitrogens with zero attached hydrogens (tertiary/aromatic N) is 3. The Kier molecular flexibility index (Phi) is 4.97. The number of aryl methyl sites for hydroxylation is 1. The molecule has 5 nitrogen and oxygen atoms in total. The molecular weight excluding hydrogens is 342 g/mol. The summed E-state index contributed by atoms with van der Waals surface area (Å²) in [5.41, 5.74) is 1.38. The summed E-state index contributed by atoms with van der Waals surface area (Å²) in [5, 5.41) is 2.56. The zero-order valence-electron chi connectivity index (χ0n) is 11.0. The van der Waals surface area contributed by atoms with Gasteiger partial charge in [0.1, 0.15) is 15.4 Å². The maximum absolute atomic E-state index is 11.7. The average molecular weight is 354 g/mol. The van der Waals surface area contributed by atoms with Gasteiger partial charge in [0.15, 0.2) is 0 Å². The van der Waals surface area contributed by atoms with Crippen LogP contribution >= 0.6 is 27.3 Å². The number of halogens is 1. The Morgan fingerprint density at radius 1 is 1.45 bits per heavy atom. The molecule has 0 aromatic carbocycles. The summed E-state index contributed by atoms with van der Waals surface area (Å²) in [5.74, 6) is 0.263. The minimum atomic E-state index is -0.408. The molecule has 0 aliphatic heterocycles. The predicted molar refractivity (Wildman–Crippen MR) is 80.3 cm³/mol. The van der Waals surface area contributed by atoms with E-state index in [1.165, 1.54) is 17.4 Å². The van der Waals surface area contributed by atoms with Crippen LogP contribution in [0.4, 0.5) is 0 Å². The molecule has 0 N–H and O–H groups in total. The molecule has 0 spiro atoms. The van der Waals surface area contributed by atoms with Crippen molar-refractivity contribution in [2.45, 2.75) is 13.8 Å². The Hall–Kier alpha value is -1.60. The molecule has 0 fully saturated rings. The van der Waals surface area contributed by atoms with Crippen LogP contribution in [0.25, 0.3) is 5.57 Å². The van der Waals surface area contributed by atoms with Gasteiger partial charge >= 0.3 is 5.97 Å². The van der Waals surface area contributed by atoms with E-state index >= 15 is 0 Å². The zero-order chi connectivity index (χ0) is 14.5. The van der Waals surface area contributed by atoms with Crippen LogP contribution in [0, 0.1) is 6.92 Å². The van der Waals surface area contributed by atoms with E-state index in [4.69, 9.17) is 4.74 Å². The van der Waals surface area contributed by atoms with Gasteiger partial charge in [0.25, 0.3) is 0 Å². The Morgan fingerprint density at radius 2 is 2.15 bits per heavy atom. The SMILES string of the molecule is CCOC(=O)/C=C(\c1cnc(C)nc1)c1nc(Br)cs1. The lowest BCUT2D eigenvalue weighted by molar-refractivity contribution is -0.137. The van der Waals surface area contributed by atoms with Gasteiger partial charge in [-0.3, -0.25) is 0 Å². The molecule has 0 unspecified atom stereocenters. The van der Waals surface area contributed by atoms with Crippen molar-refractivity contribution in [3.05, 3.63) is 44.8 Å². The van der Waals surface area contributed by atoms with Crippen molar-refractivity contribution < 1.29 is 9.53 Å². The zero-order valence-corrected chi connectivity index (χ0v) is 13.4. The van der Waals surface area contributed by atoms with Gasteiger partial charge in [-0.15, -0.1) is 11.3 Å². The molecular formula is C13H12BrN3O2S. The fourth-order valence-corrected chi connectivity index (χ4v) is 2.77. The summed E-state index contributed by atoms with van der Waals surface area (Å²) in [6.45, 7) is 3.90. The molecule has 0 radical (unpaired) electrons. The van der Waals surface area contributed by atoms with E-state index in [0.717, 1.165) is 10.2 Å². The number of carbonyl (C=O) groups excluding carboxylic acids is 1. The molecule has 2 heterocycles. The second kappa shape index (κ2) is 6.71. The van der Waals surface area contributed by atoms with Crippen molar-refractivity contribution in [1.82, 2.24) is 15.0 Å². The summed E-state index contributed by atoms with van der Waals surface area (Å²) in [7, 11) is 0. The molecule has 2 aromatic rings. The van der Waals surface area contributed by atoms with Crippen molar-refractivity contribution in [3.63, 3.8) is 0 Å². The highest BCUT2D eigenvalue weighted by molar-refractivity contribution is 9.10. The van der Waals surface area contributed by atoms with Crippen LogP contribution in [0.3, 0.4) is 0 Å². The smallest absolute Gasteiger partial charge is 0.331 e. The quantitative estimate of drug-likeness (QED) is 0.624. The van der Waals surface area contributed by atoms with Gasteiger partial charge in [-0.2, -0.15) is 0 Å². The largest absolute Gasteiger partial charge is 0.463 e. The van der Waals surface area contributed by atoms with Crippen LogP contribution < -0.4 is 0 Å². The number of esters is 1. The number of ether oxygens (including phenoxy) is 1. The summed E-state index contributed by atoms with van der Waals surface area (Å²) in [6.07, 6.45) is 4.76. The van der Waals surface area contributed by atoms with Crippen LogP contribution in [0.15, 0.2) is 28.5 Å². The minimum Gasteiger partial charge on any atom is -0.463 e. The Morgan fingerprint density at radius 3 is 2.70 bits per heavy atom. The topological polar surface area (TPSA) is 65.0 Å². The van der Waals surface area contributed by atoms with Gasteiger partial charge in [0.2, 0.25) is 0 Å². The highest BCUT2D eigenvalue weighted by Gasteiger charge is 2.13. The van der Waals surface area contributed by atoms with Crippen LogP contribution in [-0.4, -0.2) is 27.5 Å². The van der Waals surface area contributed by atoms with Crippen molar-refractivity contribution in [2.24, 2.45) is 0 Å². The third-order valence-corrected chi connectivity index (χ3v) is 3.93. The van der Waals surface area contributed by atoms with Gasteiger partial charge in [-0.1, -0.05) is 0 Å². The summed E-state index contributed by atoms with van der Waals surface area (Å²) in [4.78, 5) is 24.3. The van der Waals surface area contributed by atoms with Gasteiger partial charge < -0.3 is 4.74 Å². The lowest BCUT2D eigenvalue weighted by atomic mass is 10.1. The van der Waals surface area contributed by atoms with Crippen LogP contribution in [-0.2, 0) is 9.53 Å². The second-order valence-corrected chi connectivity index (χ2v) is 5.47. The monoisotopic (exact) mass is 353 g/mol. The van der Waals surface area contributed by atoms with Crippen molar-refractivity contribution >= 4 is 38.8 Å². The maximum Gasteiger partial charge on any atom is 0.331 e. The molecule has 7 heteroatoms. The molecule has 0 bridgehead atoms. The minimum absolute atomic E-state index is 0.328. The molecule has 0 amide bonds. The predicted octanol–water partition coefficient (Wildman–Crippen LogP) is 3.00. The highest BCUT2D eigenvalue weighted by atomic mass is 79.9. The van der Waals surface area contributed by atoms with Gasteiger partial charge in [-0.05, 0) is 29.8 Å². The first-order valence-electron chi connectivity index (χ1n) is 5.89. The van der Waals surface area contributed by atoms with Crippen molar-refractivity contribution in [3.8, 4) is 0 Å². The Labute approximate surface area is 128 Å². The van der Waals surface area contributed by atoms with Crippen LogP contribution in [0.1, 0.15) is 23.3 Å². The third kappa shape index (κ3) is 3.71. The third-order valence-electron chi connectivity index (χ3n) is 2.35. The molecule has 0 aliphatic carbocycles. The normalized spacial score (nSPS) is 11.4. The van der Waals surface area contributed by atoms with E-state index in [1.54, 1.807) is 26.2 Å². The first-order valence-corrected chi connectivity index (χ1v) is 7.56. The number of carbonyl (C=O) groups is 1. The first-order chi connectivity index (χ1) is 9.60.